The Labute approximate surface area is 127 Å². The fourth-order valence-corrected chi connectivity index (χ4v) is 2.49. The van der Waals surface area contributed by atoms with E-state index in [1.807, 2.05) is 0 Å². The molecule has 1 fully saturated rings. The molecule has 8 nitrogen and oxygen atoms in total. The van der Waals surface area contributed by atoms with Crippen LogP contribution in [0.3, 0.4) is 0 Å². The molecule has 1 amide bonds. The molecular formula is C14H17N5O3. The van der Waals surface area contributed by atoms with Crippen molar-refractivity contribution in [2.75, 3.05) is 11.9 Å². The maximum absolute atomic E-state index is 12.1. The topological polar surface area (TPSA) is 102 Å². The van der Waals surface area contributed by atoms with Crippen LogP contribution < -0.4 is 5.32 Å². The Morgan fingerprint density at radius 2 is 2.41 bits per heavy atom. The highest BCUT2D eigenvalue weighted by molar-refractivity contribution is 5.89. The zero-order valence-corrected chi connectivity index (χ0v) is 12.0. The molecule has 116 valence electrons. The molecule has 0 saturated carbocycles. The monoisotopic (exact) mass is 303 g/mol. The first-order valence-corrected chi connectivity index (χ1v) is 7.13. The average Bonchev–Trinajstić information content (AvgIpc) is 3.16. The summed E-state index contributed by atoms with van der Waals surface area (Å²) in [7, 11) is 0. The maximum Gasteiger partial charge on any atom is 0.247 e. The number of ether oxygens (including phenoxy) is 1. The molecule has 3 rings (SSSR count). The number of hydrogen-bond acceptors (Lipinski definition) is 6. The summed E-state index contributed by atoms with van der Waals surface area (Å²) in [6, 6.07) is 5.27. The fourth-order valence-electron chi connectivity index (χ4n) is 2.49. The SMILES string of the molecule is O=C(Cn1nnc(CO)c1C1CCCO1)Nc1ccccn1. The molecule has 3 heterocycles. The van der Waals surface area contributed by atoms with Crippen molar-refractivity contribution in [3.8, 4) is 0 Å². The number of rotatable bonds is 5. The van der Waals surface area contributed by atoms with Gasteiger partial charge >= 0.3 is 0 Å². The summed E-state index contributed by atoms with van der Waals surface area (Å²) < 4.78 is 7.11. The average molecular weight is 303 g/mol. The first-order valence-electron chi connectivity index (χ1n) is 7.13. The van der Waals surface area contributed by atoms with Gasteiger partial charge in [0.1, 0.15) is 24.2 Å². The van der Waals surface area contributed by atoms with Gasteiger partial charge in [0.2, 0.25) is 5.91 Å². The molecule has 1 aliphatic heterocycles. The van der Waals surface area contributed by atoms with E-state index >= 15 is 0 Å². The number of aliphatic hydroxyl groups excluding tert-OH is 1. The van der Waals surface area contributed by atoms with Crippen LogP contribution in [-0.4, -0.2) is 37.6 Å². The van der Waals surface area contributed by atoms with E-state index in [4.69, 9.17) is 4.74 Å². The number of hydrogen-bond donors (Lipinski definition) is 2. The molecule has 2 aromatic heterocycles. The molecule has 1 unspecified atom stereocenters. The highest BCUT2D eigenvalue weighted by Gasteiger charge is 2.27. The molecule has 1 saturated heterocycles. The number of aromatic nitrogens is 4. The zero-order valence-electron chi connectivity index (χ0n) is 12.0. The molecule has 0 spiro atoms. The molecular weight excluding hydrogens is 286 g/mol. The Kier molecular flexibility index (Phi) is 4.40. The number of anilines is 1. The van der Waals surface area contributed by atoms with E-state index in [9.17, 15) is 9.90 Å². The number of carbonyl (C=O) groups is 1. The molecule has 2 aromatic rings. The lowest BCUT2D eigenvalue weighted by molar-refractivity contribution is -0.117. The van der Waals surface area contributed by atoms with E-state index in [0.717, 1.165) is 12.8 Å². The largest absolute Gasteiger partial charge is 0.390 e. The zero-order chi connectivity index (χ0) is 15.4. The summed E-state index contributed by atoms with van der Waals surface area (Å²) in [5.41, 5.74) is 1.13. The van der Waals surface area contributed by atoms with Crippen molar-refractivity contribution < 1.29 is 14.6 Å². The highest BCUT2D eigenvalue weighted by Crippen LogP contribution is 2.30. The van der Waals surface area contributed by atoms with Crippen molar-refractivity contribution in [2.24, 2.45) is 0 Å². The number of amides is 1. The molecule has 1 aliphatic rings. The van der Waals surface area contributed by atoms with E-state index in [1.54, 1.807) is 24.4 Å². The lowest BCUT2D eigenvalue weighted by Crippen LogP contribution is -2.22. The van der Waals surface area contributed by atoms with Gasteiger partial charge < -0.3 is 15.2 Å². The van der Waals surface area contributed by atoms with Gasteiger partial charge in [-0.05, 0) is 25.0 Å². The Bertz CT molecular complexity index is 637. The summed E-state index contributed by atoms with van der Waals surface area (Å²) in [5, 5.41) is 20.0. The van der Waals surface area contributed by atoms with Crippen LogP contribution >= 0.6 is 0 Å². The summed E-state index contributed by atoms with van der Waals surface area (Å²) in [6.07, 6.45) is 3.22. The minimum absolute atomic E-state index is 0.00122. The molecule has 0 aliphatic carbocycles. The normalized spacial score (nSPS) is 17.6. The van der Waals surface area contributed by atoms with Gasteiger partial charge in [-0.2, -0.15) is 0 Å². The molecule has 0 radical (unpaired) electrons. The summed E-state index contributed by atoms with van der Waals surface area (Å²) in [6.45, 7) is 0.441. The minimum Gasteiger partial charge on any atom is -0.390 e. The molecule has 1 atom stereocenters. The first kappa shape index (κ1) is 14.6. The summed E-state index contributed by atoms with van der Waals surface area (Å²) >= 11 is 0. The Hall–Kier alpha value is -2.32. The number of nitrogens with one attached hydrogen (secondary N) is 1. The standard InChI is InChI=1S/C14H17N5O3/c20-9-10-14(11-4-3-7-22-11)19(18-17-10)8-13(21)16-12-5-1-2-6-15-12/h1-2,5-6,11,20H,3-4,7-9H2,(H,15,16,21). The van der Waals surface area contributed by atoms with Crippen LogP contribution in [0.5, 0.6) is 0 Å². The van der Waals surface area contributed by atoms with E-state index in [1.165, 1.54) is 4.68 Å². The van der Waals surface area contributed by atoms with Crippen molar-refractivity contribution in [1.82, 2.24) is 20.0 Å². The summed E-state index contributed by atoms with van der Waals surface area (Å²) in [5.74, 6) is 0.223. The molecule has 2 N–H and O–H groups in total. The predicted octanol–water partition coefficient (Wildman–Crippen LogP) is 0.656. The van der Waals surface area contributed by atoms with Gasteiger partial charge in [-0.15, -0.1) is 5.10 Å². The van der Waals surface area contributed by atoms with E-state index < -0.39 is 0 Å². The van der Waals surface area contributed by atoms with Gasteiger partial charge in [-0.1, -0.05) is 11.3 Å². The number of carbonyl (C=O) groups excluding carboxylic acids is 1. The molecule has 22 heavy (non-hydrogen) atoms. The van der Waals surface area contributed by atoms with Gasteiger partial charge in [-0.25, -0.2) is 9.67 Å². The van der Waals surface area contributed by atoms with Crippen molar-refractivity contribution in [3.63, 3.8) is 0 Å². The predicted molar refractivity (Wildman–Crippen MR) is 76.7 cm³/mol. The van der Waals surface area contributed by atoms with Crippen LogP contribution in [0.2, 0.25) is 0 Å². The number of nitrogens with zero attached hydrogens (tertiary/aromatic N) is 4. The molecule has 0 bridgehead atoms. The third-order valence-electron chi connectivity index (χ3n) is 3.46. The first-order chi connectivity index (χ1) is 10.8. The van der Waals surface area contributed by atoms with Crippen LogP contribution in [0, 0.1) is 0 Å². The third kappa shape index (κ3) is 3.12. The summed E-state index contributed by atoms with van der Waals surface area (Å²) in [4.78, 5) is 16.1. The van der Waals surface area contributed by atoms with Gasteiger partial charge in [0.05, 0.1) is 12.3 Å². The van der Waals surface area contributed by atoms with Crippen molar-refractivity contribution in [1.29, 1.82) is 0 Å². The van der Waals surface area contributed by atoms with Gasteiger partial charge in [0.15, 0.2) is 0 Å². The third-order valence-corrected chi connectivity index (χ3v) is 3.46. The van der Waals surface area contributed by atoms with Crippen LogP contribution in [0.4, 0.5) is 5.82 Å². The van der Waals surface area contributed by atoms with Crippen LogP contribution in [0.15, 0.2) is 24.4 Å². The van der Waals surface area contributed by atoms with Crippen molar-refractivity contribution in [3.05, 3.63) is 35.8 Å². The smallest absolute Gasteiger partial charge is 0.247 e. The Morgan fingerprint density at radius 1 is 1.50 bits per heavy atom. The van der Waals surface area contributed by atoms with Crippen LogP contribution in [0.1, 0.15) is 30.3 Å². The number of pyridine rings is 1. The highest BCUT2D eigenvalue weighted by atomic mass is 16.5. The minimum atomic E-state index is -0.257. The molecule has 8 heteroatoms. The number of aliphatic hydroxyl groups is 1. The van der Waals surface area contributed by atoms with Gasteiger partial charge in [-0.3, -0.25) is 4.79 Å². The maximum atomic E-state index is 12.1. The second kappa shape index (κ2) is 6.63. The second-order valence-corrected chi connectivity index (χ2v) is 5.00. The molecule has 0 aromatic carbocycles. The van der Waals surface area contributed by atoms with E-state index in [2.05, 4.69) is 20.6 Å². The second-order valence-electron chi connectivity index (χ2n) is 5.00. The lowest BCUT2D eigenvalue weighted by atomic mass is 10.1. The quantitative estimate of drug-likeness (QED) is 0.841. The lowest BCUT2D eigenvalue weighted by Gasteiger charge is -2.13. The fraction of sp³-hybridized carbons (Fsp3) is 0.429. The Morgan fingerprint density at radius 3 is 3.09 bits per heavy atom. The van der Waals surface area contributed by atoms with Crippen LogP contribution in [0.25, 0.3) is 0 Å². The van der Waals surface area contributed by atoms with Gasteiger partial charge in [0, 0.05) is 12.8 Å². The van der Waals surface area contributed by atoms with Crippen molar-refractivity contribution >= 4 is 11.7 Å². The Balaban J connectivity index is 1.74. The van der Waals surface area contributed by atoms with Gasteiger partial charge in [0.25, 0.3) is 0 Å². The van der Waals surface area contributed by atoms with Crippen LogP contribution in [-0.2, 0) is 22.7 Å². The van der Waals surface area contributed by atoms with E-state index in [-0.39, 0.29) is 25.2 Å². The van der Waals surface area contributed by atoms with Crippen molar-refractivity contribution in [2.45, 2.75) is 32.1 Å². The van der Waals surface area contributed by atoms with E-state index in [0.29, 0.717) is 23.8 Å².